The quantitative estimate of drug-likeness (QED) is 0.361. The Bertz CT molecular complexity index is 1300. The molecule has 9 heteroatoms. The van der Waals surface area contributed by atoms with E-state index in [1.807, 2.05) is 4.90 Å². The summed E-state index contributed by atoms with van der Waals surface area (Å²) in [6, 6.07) is 0. The summed E-state index contributed by atoms with van der Waals surface area (Å²) >= 11 is 0. The van der Waals surface area contributed by atoms with Crippen LogP contribution >= 0.6 is 0 Å². The van der Waals surface area contributed by atoms with Gasteiger partial charge in [0.2, 0.25) is 5.91 Å². The van der Waals surface area contributed by atoms with E-state index in [2.05, 4.69) is 34.6 Å². The number of amides is 1. The number of morpholine rings is 1. The van der Waals surface area contributed by atoms with E-state index in [-0.39, 0.29) is 51.4 Å². The molecule has 49 heavy (non-hydrogen) atoms. The Balaban J connectivity index is 0.993. The molecular formula is C40H62NO8. The largest absolute Gasteiger partial charge is 0.389 e. The lowest BCUT2D eigenvalue weighted by Crippen LogP contribution is -2.59. The van der Waals surface area contributed by atoms with Crippen LogP contribution in [0.3, 0.4) is 0 Å². The Hall–Kier alpha value is -0.810. The van der Waals surface area contributed by atoms with Crippen molar-refractivity contribution in [3.63, 3.8) is 0 Å². The maximum absolute atomic E-state index is 13.3. The maximum atomic E-state index is 13.3. The fourth-order valence-corrected chi connectivity index (χ4v) is 13.5. The van der Waals surface area contributed by atoms with Crippen molar-refractivity contribution in [3.8, 4) is 0 Å². The molecule has 0 bridgehead atoms. The highest BCUT2D eigenvalue weighted by Gasteiger charge is 2.85. The van der Waals surface area contributed by atoms with Gasteiger partial charge in [0.05, 0.1) is 31.0 Å². The first-order valence-corrected chi connectivity index (χ1v) is 19.5. The minimum Gasteiger partial charge on any atom is -0.389 e. The van der Waals surface area contributed by atoms with Gasteiger partial charge in [-0.3, -0.25) is 4.79 Å². The van der Waals surface area contributed by atoms with E-state index in [1.54, 1.807) is 19.8 Å². The zero-order chi connectivity index (χ0) is 34.9. The molecule has 8 rings (SSSR count). The van der Waals surface area contributed by atoms with Gasteiger partial charge in [-0.1, -0.05) is 34.6 Å². The van der Waals surface area contributed by atoms with Gasteiger partial charge in [-0.15, -0.1) is 0 Å². The molecule has 8 fully saturated rings. The Labute approximate surface area is 294 Å². The van der Waals surface area contributed by atoms with Crippen LogP contribution in [0.4, 0.5) is 0 Å². The molecule has 5 aliphatic carbocycles. The lowest BCUT2D eigenvalue weighted by molar-refractivity contribution is -0.243. The van der Waals surface area contributed by atoms with Crippen LogP contribution in [0.25, 0.3) is 0 Å². The van der Waals surface area contributed by atoms with Crippen LogP contribution in [0, 0.1) is 68.9 Å². The van der Waals surface area contributed by atoms with Gasteiger partial charge in [0.25, 0.3) is 0 Å². The molecule has 2 spiro atoms. The molecule has 8 aliphatic rings. The van der Waals surface area contributed by atoms with Crippen LogP contribution in [0.15, 0.2) is 0 Å². The summed E-state index contributed by atoms with van der Waals surface area (Å²) in [5.74, 6) is 2.68. The highest BCUT2D eigenvalue weighted by molar-refractivity contribution is 5.79. The number of hydrogen-bond acceptors (Lipinski definition) is 8. The summed E-state index contributed by atoms with van der Waals surface area (Å²) in [4.78, 5) is 15.3. The van der Waals surface area contributed by atoms with Gasteiger partial charge in [-0.2, -0.15) is 0 Å². The molecule has 3 radical (unpaired) electrons. The fourth-order valence-electron chi connectivity index (χ4n) is 13.5. The van der Waals surface area contributed by atoms with E-state index in [0.717, 1.165) is 57.5 Å². The molecule has 0 aromatic carbocycles. The topological polar surface area (TPSA) is 118 Å². The second-order valence-corrected chi connectivity index (χ2v) is 19.1. The van der Waals surface area contributed by atoms with Gasteiger partial charge in [-0.25, -0.2) is 0 Å². The highest BCUT2D eigenvalue weighted by atomic mass is 16.7. The second-order valence-electron chi connectivity index (χ2n) is 19.1. The number of hydrogen-bond donors (Lipinski definition) is 3. The zero-order valence-corrected chi connectivity index (χ0v) is 31.1. The molecule has 3 N–H and O–H groups in total. The molecule has 0 aromatic heterocycles. The molecule has 3 heterocycles. The number of rotatable bonds is 5. The van der Waals surface area contributed by atoms with Crippen LogP contribution in [-0.2, 0) is 23.7 Å². The summed E-state index contributed by atoms with van der Waals surface area (Å²) in [5.41, 5.74) is -1.53. The average Bonchev–Trinajstić information content (AvgIpc) is 3.70. The van der Waals surface area contributed by atoms with Crippen molar-refractivity contribution in [2.24, 2.45) is 50.7 Å². The summed E-state index contributed by atoms with van der Waals surface area (Å²) < 4.78 is 25.0. The number of nitrogens with zero attached hydrogens (tertiary/aromatic N) is 1. The van der Waals surface area contributed by atoms with Crippen molar-refractivity contribution in [1.29, 1.82) is 0 Å². The maximum Gasteiger partial charge on any atom is 0.226 e. The predicted octanol–water partition coefficient (Wildman–Crippen LogP) is 5.21. The number of ether oxygens (including phenoxy) is 4. The molecule has 11 atom stereocenters. The van der Waals surface area contributed by atoms with Crippen molar-refractivity contribution in [1.82, 2.24) is 4.90 Å². The Morgan fingerprint density at radius 3 is 2.49 bits per heavy atom. The molecule has 9 nitrogen and oxygen atoms in total. The van der Waals surface area contributed by atoms with Gasteiger partial charge < -0.3 is 39.2 Å². The molecular weight excluding hydrogens is 622 g/mol. The first-order valence-electron chi connectivity index (χ1n) is 19.5. The van der Waals surface area contributed by atoms with Gasteiger partial charge in [0.1, 0.15) is 18.3 Å². The van der Waals surface area contributed by atoms with Crippen molar-refractivity contribution in [2.75, 3.05) is 32.9 Å². The fraction of sp³-hybridized carbons (Fsp3) is 0.900. The lowest BCUT2D eigenvalue weighted by Gasteiger charge is -2.63. The minimum atomic E-state index is -1.32. The SMILES string of the molecule is C[C@@H]1C[C]([C@H](O)C(C)(C)O)O[C]2[C@H]1[C@@]1(C)CC[C@@]34C[C@@]35CCC(O[C@H]3CN(C(=O)C6CCOCC6)CCO3)C(C)(C)[C@@H]5CC[C]4[C@]1(C)[C@H]2O. The van der Waals surface area contributed by atoms with E-state index in [0.29, 0.717) is 51.4 Å². The van der Waals surface area contributed by atoms with Crippen LogP contribution in [0.1, 0.15) is 113 Å². The first kappa shape index (κ1) is 35.2. The minimum absolute atomic E-state index is 0.0446. The van der Waals surface area contributed by atoms with Crippen molar-refractivity contribution in [2.45, 2.75) is 143 Å². The number of aliphatic hydroxyl groups is 3. The smallest absolute Gasteiger partial charge is 0.226 e. The van der Waals surface area contributed by atoms with Gasteiger partial charge >= 0.3 is 0 Å². The van der Waals surface area contributed by atoms with E-state index >= 15 is 0 Å². The van der Waals surface area contributed by atoms with E-state index in [9.17, 15) is 20.1 Å². The van der Waals surface area contributed by atoms with E-state index in [4.69, 9.17) is 18.9 Å². The highest BCUT2D eigenvalue weighted by Crippen LogP contribution is 2.90. The molecule has 1 amide bonds. The number of fused-ring (bicyclic) bond motifs is 4. The summed E-state index contributed by atoms with van der Waals surface area (Å²) in [6.45, 7) is 18.0. The van der Waals surface area contributed by atoms with E-state index in [1.165, 1.54) is 6.42 Å². The third-order valence-corrected chi connectivity index (χ3v) is 16.2. The van der Waals surface area contributed by atoms with Gasteiger partial charge in [0, 0.05) is 37.0 Å². The molecule has 3 saturated heterocycles. The molecule has 3 aliphatic heterocycles. The van der Waals surface area contributed by atoms with E-state index < -0.39 is 29.5 Å². The monoisotopic (exact) mass is 684 g/mol. The third-order valence-electron chi connectivity index (χ3n) is 16.2. The average molecular weight is 685 g/mol. The number of aliphatic hydroxyl groups excluding tert-OH is 2. The number of carbonyl (C=O) groups is 1. The molecule has 5 saturated carbocycles. The van der Waals surface area contributed by atoms with Crippen LogP contribution in [0.2, 0.25) is 0 Å². The van der Waals surface area contributed by atoms with Gasteiger partial charge in [0.15, 0.2) is 6.29 Å². The van der Waals surface area contributed by atoms with Gasteiger partial charge in [-0.05, 0) is 117 Å². The molecule has 1 unspecified atom stereocenters. The summed E-state index contributed by atoms with van der Waals surface area (Å²) in [5, 5.41) is 34.0. The van der Waals surface area contributed by atoms with Crippen LogP contribution in [-0.4, -0.2) is 89.2 Å². The Morgan fingerprint density at radius 2 is 1.78 bits per heavy atom. The van der Waals surface area contributed by atoms with Crippen molar-refractivity contribution < 1.29 is 39.1 Å². The van der Waals surface area contributed by atoms with Crippen LogP contribution < -0.4 is 0 Å². The Morgan fingerprint density at radius 1 is 1.04 bits per heavy atom. The normalized spacial score (nSPS) is 48.2. The van der Waals surface area contributed by atoms with Crippen molar-refractivity contribution in [3.05, 3.63) is 18.1 Å². The molecule has 0 aromatic rings. The standard InChI is InChI=1S/C40H62NO8/c1-23-20-25(32(42)36(4,5)45)48-31-30(23)37(6)14-15-40-22-39(40)13-10-28(35(2,3)26(39)8-9-27(40)38(37,7)33(31)43)49-29-21-41(16-19-47-29)34(44)24-11-17-46-18-12-24/h23-24,26,28-30,32-33,42-43,45H,8-22H2,1-7H3/t23-,26+,28?,29+,30+,32+,33+,37-,38-,39-,40+/m1/s1. The summed E-state index contributed by atoms with van der Waals surface area (Å²) in [7, 11) is 0. The zero-order valence-electron chi connectivity index (χ0n) is 31.1. The molecule has 275 valence electrons. The van der Waals surface area contributed by atoms with Crippen molar-refractivity contribution >= 4 is 5.91 Å². The third kappa shape index (κ3) is 4.83. The number of carbonyl (C=O) groups excluding carboxylic acids is 1. The Kier molecular flexibility index (Phi) is 8.34. The summed E-state index contributed by atoms with van der Waals surface area (Å²) in [6.07, 6.45) is 8.85. The van der Waals surface area contributed by atoms with Crippen LogP contribution in [0.5, 0.6) is 0 Å². The first-order chi connectivity index (χ1) is 23.0. The second kappa shape index (κ2) is 11.6. The lowest BCUT2D eigenvalue weighted by atomic mass is 9.41. The predicted molar refractivity (Wildman–Crippen MR) is 182 cm³/mol.